The summed E-state index contributed by atoms with van der Waals surface area (Å²) in [4.78, 5) is 14.7. The number of rotatable bonds is 12. The van der Waals surface area contributed by atoms with E-state index in [9.17, 15) is 4.79 Å². The van der Waals surface area contributed by atoms with E-state index in [1.165, 1.54) is 0 Å². The van der Waals surface area contributed by atoms with Gasteiger partial charge in [0.1, 0.15) is 0 Å². The molecule has 0 aromatic heterocycles. The first-order valence-electron chi connectivity index (χ1n) is 9.29. The zero-order chi connectivity index (χ0) is 18.7. The molecule has 0 bridgehead atoms. The molecule has 0 heterocycles. The predicted octanol–water partition coefficient (Wildman–Crippen LogP) is 2.83. The van der Waals surface area contributed by atoms with Crippen molar-refractivity contribution < 1.29 is 14.3 Å². The lowest BCUT2D eigenvalue weighted by Gasteiger charge is -2.30. The Bertz CT molecular complexity index is 473. The van der Waals surface area contributed by atoms with Crippen molar-refractivity contribution in [2.75, 3.05) is 26.3 Å². The quantitative estimate of drug-likeness (QED) is 0.589. The van der Waals surface area contributed by atoms with Crippen LogP contribution in [-0.2, 0) is 20.7 Å². The fourth-order valence-corrected chi connectivity index (χ4v) is 2.60. The number of amides is 1. The topological polar surface area (TPSA) is 64.8 Å². The van der Waals surface area contributed by atoms with E-state index in [-0.39, 0.29) is 5.91 Å². The Morgan fingerprint density at radius 3 is 2.24 bits per heavy atom. The molecule has 0 spiro atoms. The van der Waals surface area contributed by atoms with E-state index in [2.05, 4.69) is 13.8 Å². The molecular weight excluding hydrogens is 316 g/mol. The van der Waals surface area contributed by atoms with Gasteiger partial charge >= 0.3 is 0 Å². The summed E-state index contributed by atoms with van der Waals surface area (Å²) in [5.74, 6) is 0.465. The molecule has 5 nitrogen and oxygen atoms in total. The molecule has 1 rings (SSSR count). The molecule has 1 unspecified atom stereocenters. The van der Waals surface area contributed by atoms with Crippen LogP contribution in [0.15, 0.2) is 30.3 Å². The van der Waals surface area contributed by atoms with Crippen molar-refractivity contribution in [3.8, 4) is 0 Å². The maximum atomic E-state index is 12.9. The largest absolute Gasteiger partial charge is 0.351 e. The Hall–Kier alpha value is -1.43. The highest BCUT2D eigenvalue weighted by Gasteiger charge is 2.24. The Morgan fingerprint density at radius 1 is 1.12 bits per heavy atom. The molecular formula is C20H34N2O3. The summed E-state index contributed by atoms with van der Waals surface area (Å²) in [5.41, 5.74) is 7.28. The van der Waals surface area contributed by atoms with Crippen molar-refractivity contribution in [1.82, 2.24) is 4.90 Å². The van der Waals surface area contributed by atoms with E-state index in [1.807, 2.05) is 44.2 Å². The van der Waals surface area contributed by atoms with Gasteiger partial charge in [-0.1, -0.05) is 44.2 Å². The number of carbonyl (C=O) groups is 1. The monoisotopic (exact) mass is 350 g/mol. The van der Waals surface area contributed by atoms with Crippen LogP contribution in [0.5, 0.6) is 0 Å². The zero-order valence-electron chi connectivity index (χ0n) is 16.1. The molecule has 1 atom stereocenters. The minimum Gasteiger partial charge on any atom is -0.351 e. The normalized spacial score (nSPS) is 12.6. The summed E-state index contributed by atoms with van der Waals surface area (Å²) in [6.07, 6.45) is 1.05. The second-order valence-electron chi connectivity index (χ2n) is 6.60. The van der Waals surface area contributed by atoms with Crippen LogP contribution in [0.4, 0.5) is 0 Å². The fourth-order valence-electron chi connectivity index (χ4n) is 2.60. The Morgan fingerprint density at radius 2 is 1.72 bits per heavy atom. The molecule has 1 aromatic carbocycles. The molecule has 0 radical (unpaired) electrons. The van der Waals surface area contributed by atoms with Crippen LogP contribution in [0.2, 0.25) is 0 Å². The smallest absolute Gasteiger partial charge is 0.240 e. The zero-order valence-corrected chi connectivity index (χ0v) is 16.1. The Kier molecular flexibility index (Phi) is 10.4. The van der Waals surface area contributed by atoms with Crippen molar-refractivity contribution in [1.29, 1.82) is 0 Å². The van der Waals surface area contributed by atoms with Crippen molar-refractivity contribution in [2.45, 2.75) is 52.9 Å². The Balaban J connectivity index is 2.75. The first-order chi connectivity index (χ1) is 12.0. The molecule has 25 heavy (non-hydrogen) atoms. The van der Waals surface area contributed by atoms with Gasteiger partial charge in [-0.3, -0.25) is 4.79 Å². The van der Waals surface area contributed by atoms with E-state index in [1.54, 1.807) is 4.90 Å². The van der Waals surface area contributed by atoms with E-state index in [0.29, 0.717) is 38.6 Å². The van der Waals surface area contributed by atoms with Crippen molar-refractivity contribution in [2.24, 2.45) is 11.7 Å². The third-order valence-electron chi connectivity index (χ3n) is 3.98. The average molecular weight is 351 g/mol. The highest BCUT2D eigenvalue weighted by Crippen LogP contribution is 2.10. The summed E-state index contributed by atoms with van der Waals surface area (Å²) in [5, 5.41) is 0. The minimum absolute atomic E-state index is 0.0473. The summed E-state index contributed by atoms with van der Waals surface area (Å²) >= 11 is 0. The van der Waals surface area contributed by atoms with Gasteiger partial charge in [-0.2, -0.15) is 0 Å². The molecule has 0 saturated heterocycles. The summed E-state index contributed by atoms with van der Waals surface area (Å²) in [7, 11) is 0. The van der Waals surface area contributed by atoms with Crippen LogP contribution < -0.4 is 5.73 Å². The molecule has 2 N–H and O–H groups in total. The highest BCUT2D eigenvalue weighted by molar-refractivity contribution is 5.82. The second kappa shape index (κ2) is 12.0. The summed E-state index contributed by atoms with van der Waals surface area (Å²) in [6, 6.07) is 9.31. The average Bonchev–Trinajstić information content (AvgIpc) is 2.59. The number of nitrogens with zero attached hydrogens (tertiary/aromatic N) is 1. The molecule has 142 valence electrons. The second-order valence-corrected chi connectivity index (χ2v) is 6.60. The molecule has 1 aromatic rings. The Labute approximate surface area is 152 Å². The molecule has 5 heteroatoms. The molecule has 0 aliphatic heterocycles. The SMILES string of the molecule is CCOC(CN(CCC(C)C)C(=O)C(N)Cc1ccccc1)OCC. The van der Waals surface area contributed by atoms with Gasteiger partial charge in [0.25, 0.3) is 0 Å². The maximum Gasteiger partial charge on any atom is 0.240 e. The van der Waals surface area contributed by atoms with E-state index >= 15 is 0 Å². The number of nitrogens with two attached hydrogens (primary N) is 1. The van der Waals surface area contributed by atoms with Gasteiger partial charge in [0.15, 0.2) is 6.29 Å². The van der Waals surface area contributed by atoms with Crippen LogP contribution in [0.3, 0.4) is 0 Å². The number of hydrogen-bond acceptors (Lipinski definition) is 4. The van der Waals surface area contributed by atoms with Crippen LogP contribution in [0.25, 0.3) is 0 Å². The van der Waals surface area contributed by atoms with E-state index in [0.717, 1.165) is 12.0 Å². The predicted molar refractivity (Wildman–Crippen MR) is 101 cm³/mol. The summed E-state index contributed by atoms with van der Waals surface area (Å²) in [6.45, 7) is 10.3. The van der Waals surface area contributed by atoms with Crippen LogP contribution in [0, 0.1) is 5.92 Å². The van der Waals surface area contributed by atoms with Gasteiger partial charge in [0.2, 0.25) is 5.91 Å². The van der Waals surface area contributed by atoms with Gasteiger partial charge in [0.05, 0.1) is 12.6 Å². The lowest BCUT2D eigenvalue weighted by Crippen LogP contribution is -2.49. The van der Waals surface area contributed by atoms with Crippen molar-refractivity contribution in [3.05, 3.63) is 35.9 Å². The molecule has 0 aliphatic carbocycles. The van der Waals surface area contributed by atoms with Crippen LogP contribution in [0.1, 0.15) is 39.7 Å². The minimum atomic E-state index is -0.557. The third kappa shape index (κ3) is 8.47. The molecule has 0 aliphatic rings. The number of carbonyl (C=O) groups excluding carboxylic acids is 1. The van der Waals surface area contributed by atoms with E-state index in [4.69, 9.17) is 15.2 Å². The first-order valence-corrected chi connectivity index (χ1v) is 9.29. The standard InChI is InChI=1S/C20H34N2O3/c1-5-24-19(25-6-2)15-22(13-12-16(3)4)20(23)18(21)14-17-10-8-7-9-11-17/h7-11,16,18-19H,5-6,12-15,21H2,1-4H3. The molecule has 0 fully saturated rings. The highest BCUT2D eigenvalue weighted by atomic mass is 16.7. The lowest BCUT2D eigenvalue weighted by atomic mass is 10.0. The van der Waals surface area contributed by atoms with Crippen LogP contribution in [-0.4, -0.2) is 49.4 Å². The first kappa shape index (κ1) is 21.6. The number of benzene rings is 1. The maximum absolute atomic E-state index is 12.9. The number of ether oxygens (including phenoxy) is 2. The van der Waals surface area contributed by atoms with Crippen molar-refractivity contribution in [3.63, 3.8) is 0 Å². The molecule has 1 amide bonds. The lowest BCUT2D eigenvalue weighted by molar-refractivity contribution is -0.159. The van der Waals surface area contributed by atoms with E-state index < -0.39 is 12.3 Å². The summed E-state index contributed by atoms with van der Waals surface area (Å²) < 4.78 is 11.2. The van der Waals surface area contributed by atoms with Gasteiger partial charge in [-0.15, -0.1) is 0 Å². The van der Waals surface area contributed by atoms with Gasteiger partial charge < -0.3 is 20.1 Å². The molecule has 0 saturated carbocycles. The van der Waals surface area contributed by atoms with Crippen molar-refractivity contribution >= 4 is 5.91 Å². The van der Waals surface area contributed by atoms with Gasteiger partial charge in [-0.25, -0.2) is 0 Å². The number of hydrogen-bond donors (Lipinski definition) is 1. The van der Waals surface area contributed by atoms with Crippen LogP contribution >= 0.6 is 0 Å². The fraction of sp³-hybridized carbons (Fsp3) is 0.650. The van der Waals surface area contributed by atoms with Gasteiger partial charge in [-0.05, 0) is 38.2 Å². The van der Waals surface area contributed by atoms with Gasteiger partial charge in [0, 0.05) is 19.8 Å². The third-order valence-corrected chi connectivity index (χ3v) is 3.98.